The van der Waals surface area contributed by atoms with Gasteiger partial charge in [-0.3, -0.25) is 0 Å². The third-order valence-corrected chi connectivity index (χ3v) is 3.82. The molecule has 0 aromatic heterocycles. The van der Waals surface area contributed by atoms with Gasteiger partial charge in [-0.05, 0) is 61.9 Å². The van der Waals surface area contributed by atoms with E-state index in [0.717, 1.165) is 5.56 Å². The average Bonchev–Trinajstić information content (AvgIpc) is 2.97. The number of cyclic esters (lactones) is 1. The van der Waals surface area contributed by atoms with Gasteiger partial charge < -0.3 is 14.2 Å². The highest BCUT2D eigenvalue weighted by molar-refractivity contribution is 6.30. The number of methoxy groups -OCH3 is 1. The zero-order valence-corrected chi connectivity index (χ0v) is 15.4. The Labute approximate surface area is 156 Å². The number of ether oxygens (including phenoxy) is 3. The summed E-state index contributed by atoms with van der Waals surface area (Å²) in [6, 6.07) is 12.3. The molecular formula is C20H18ClNO4. The number of esters is 1. The van der Waals surface area contributed by atoms with Crippen molar-refractivity contribution in [1.29, 1.82) is 0 Å². The predicted octanol–water partition coefficient (Wildman–Crippen LogP) is 4.48. The first kappa shape index (κ1) is 18.0. The number of hydrogen-bond acceptors (Lipinski definition) is 5. The summed E-state index contributed by atoms with van der Waals surface area (Å²) in [7, 11) is 1.57. The van der Waals surface area contributed by atoms with Gasteiger partial charge in [0.25, 0.3) is 0 Å². The first-order valence-corrected chi connectivity index (χ1v) is 8.47. The molecule has 0 unspecified atom stereocenters. The van der Waals surface area contributed by atoms with Crippen LogP contribution in [0.25, 0.3) is 6.08 Å². The fraction of sp³-hybridized carbons (Fsp3) is 0.200. The number of nitrogens with zero attached hydrogens (tertiary/aromatic N) is 1. The third-order valence-electron chi connectivity index (χ3n) is 3.57. The summed E-state index contributed by atoms with van der Waals surface area (Å²) in [4.78, 5) is 16.4. The number of carbonyl (C=O) groups excluding carboxylic acids is 1. The van der Waals surface area contributed by atoms with Gasteiger partial charge in [0.2, 0.25) is 5.90 Å². The van der Waals surface area contributed by atoms with Gasteiger partial charge in [-0.25, -0.2) is 9.79 Å². The van der Waals surface area contributed by atoms with E-state index >= 15 is 0 Å². The Morgan fingerprint density at radius 3 is 2.50 bits per heavy atom. The predicted molar refractivity (Wildman–Crippen MR) is 101 cm³/mol. The molecular weight excluding hydrogens is 354 g/mol. The molecule has 0 radical (unpaired) electrons. The molecule has 1 aliphatic rings. The van der Waals surface area contributed by atoms with Crippen LogP contribution in [-0.4, -0.2) is 25.1 Å². The smallest absolute Gasteiger partial charge is 0.363 e. The SMILES string of the molecule is COc1cc(/C=C2/N=C(c3ccc(Cl)cc3)OC2=O)ccc1OC(C)C. The van der Waals surface area contributed by atoms with Crippen LogP contribution in [0.15, 0.2) is 53.2 Å². The van der Waals surface area contributed by atoms with E-state index in [4.69, 9.17) is 25.8 Å². The van der Waals surface area contributed by atoms with E-state index in [-0.39, 0.29) is 17.7 Å². The maximum absolute atomic E-state index is 12.1. The van der Waals surface area contributed by atoms with E-state index in [1.807, 2.05) is 19.9 Å². The summed E-state index contributed by atoms with van der Waals surface area (Å²) >= 11 is 5.87. The summed E-state index contributed by atoms with van der Waals surface area (Å²) in [5, 5.41) is 0.602. The van der Waals surface area contributed by atoms with Crippen molar-refractivity contribution in [2.24, 2.45) is 4.99 Å². The zero-order chi connectivity index (χ0) is 18.7. The quantitative estimate of drug-likeness (QED) is 0.574. The maximum Gasteiger partial charge on any atom is 0.363 e. The molecule has 0 amide bonds. The summed E-state index contributed by atoms with van der Waals surface area (Å²) in [5.74, 6) is 0.978. The molecule has 134 valence electrons. The summed E-state index contributed by atoms with van der Waals surface area (Å²) in [5.41, 5.74) is 1.66. The lowest BCUT2D eigenvalue weighted by molar-refractivity contribution is -0.129. The van der Waals surface area contributed by atoms with Crippen molar-refractivity contribution in [3.8, 4) is 11.5 Å². The molecule has 26 heavy (non-hydrogen) atoms. The molecule has 0 fully saturated rings. The van der Waals surface area contributed by atoms with Crippen molar-refractivity contribution >= 4 is 29.5 Å². The molecule has 6 heteroatoms. The highest BCUT2D eigenvalue weighted by Gasteiger charge is 2.24. The van der Waals surface area contributed by atoms with Crippen LogP contribution in [-0.2, 0) is 9.53 Å². The molecule has 0 N–H and O–H groups in total. The summed E-state index contributed by atoms with van der Waals surface area (Å²) in [6.45, 7) is 3.88. The van der Waals surface area contributed by atoms with Gasteiger partial charge in [-0.2, -0.15) is 0 Å². The monoisotopic (exact) mass is 371 g/mol. The average molecular weight is 372 g/mol. The standard InChI is InChI=1S/C20H18ClNO4/c1-12(2)25-17-9-4-13(11-18(17)24-3)10-16-20(23)26-19(22-16)14-5-7-15(21)8-6-14/h4-12H,1-3H3/b16-10+. The minimum atomic E-state index is -0.503. The molecule has 0 aliphatic carbocycles. The van der Waals surface area contributed by atoms with Crippen molar-refractivity contribution < 1.29 is 19.0 Å². The van der Waals surface area contributed by atoms with E-state index in [9.17, 15) is 4.79 Å². The van der Waals surface area contributed by atoms with Gasteiger partial charge in [-0.1, -0.05) is 17.7 Å². The molecule has 1 aliphatic heterocycles. The van der Waals surface area contributed by atoms with E-state index in [1.165, 1.54) is 0 Å². The Kier molecular flexibility index (Phi) is 5.28. The van der Waals surface area contributed by atoms with Crippen LogP contribution < -0.4 is 9.47 Å². The molecule has 0 saturated carbocycles. The van der Waals surface area contributed by atoms with Crippen LogP contribution in [0, 0.1) is 0 Å². The summed E-state index contributed by atoms with van der Waals surface area (Å²) in [6.07, 6.45) is 1.68. The Balaban J connectivity index is 1.89. The first-order chi connectivity index (χ1) is 12.5. The molecule has 0 bridgehead atoms. The number of rotatable bonds is 5. The lowest BCUT2D eigenvalue weighted by atomic mass is 10.1. The first-order valence-electron chi connectivity index (χ1n) is 8.09. The second kappa shape index (κ2) is 7.62. The Morgan fingerprint density at radius 1 is 1.12 bits per heavy atom. The molecule has 0 saturated heterocycles. The second-order valence-electron chi connectivity index (χ2n) is 5.92. The number of halogens is 1. The Hall–Kier alpha value is -2.79. The highest BCUT2D eigenvalue weighted by atomic mass is 35.5. The molecule has 3 rings (SSSR count). The van der Waals surface area contributed by atoms with Gasteiger partial charge in [0.05, 0.1) is 13.2 Å². The van der Waals surface area contributed by atoms with Crippen LogP contribution in [0.3, 0.4) is 0 Å². The van der Waals surface area contributed by atoms with Gasteiger partial charge >= 0.3 is 5.97 Å². The van der Waals surface area contributed by atoms with E-state index in [2.05, 4.69) is 4.99 Å². The van der Waals surface area contributed by atoms with Gasteiger partial charge in [0.15, 0.2) is 17.2 Å². The minimum absolute atomic E-state index is 0.0319. The fourth-order valence-corrected chi connectivity index (χ4v) is 2.53. The highest BCUT2D eigenvalue weighted by Crippen LogP contribution is 2.30. The molecule has 0 atom stereocenters. The van der Waals surface area contributed by atoms with Gasteiger partial charge in [-0.15, -0.1) is 0 Å². The largest absolute Gasteiger partial charge is 0.493 e. The second-order valence-corrected chi connectivity index (χ2v) is 6.36. The van der Waals surface area contributed by atoms with Crippen LogP contribution in [0.4, 0.5) is 0 Å². The number of aliphatic imine (C=N–C) groups is 1. The number of hydrogen-bond donors (Lipinski definition) is 0. The van der Waals surface area contributed by atoms with Crippen LogP contribution in [0.1, 0.15) is 25.0 Å². The van der Waals surface area contributed by atoms with Crippen molar-refractivity contribution in [2.75, 3.05) is 7.11 Å². The van der Waals surface area contributed by atoms with Crippen molar-refractivity contribution in [3.05, 3.63) is 64.3 Å². The Morgan fingerprint density at radius 2 is 1.85 bits per heavy atom. The van der Waals surface area contributed by atoms with Crippen molar-refractivity contribution in [3.63, 3.8) is 0 Å². The minimum Gasteiger partial charge on any atom is -0.493 e. The summed E-state index contributed by atoms with van der Waals surface area (Å²) < 4.78 is 16.3. The molecule has 2 aromatic carbocycles. The van der Waals surface area contributed by atoms with E-state index in [1.54, 1.807) is 49.6 Å². The maximum atomic E-state index is 12.1. The van der Waals surface area contributed by atoms with Gasteiger partial charge in [0.1, 0.15) is 0 Å². The lowest BCUT2D eigenvalue weighted by Gasteiger charge is -2.13. The molecule has 5 nitrogen and oxygen atoms in total. The van der Waals surface area contributed by atoms with Crippen molar-refractivity contribution in [1.82, 2.24) is 0 Å². The molecule has 2 aromatic rings. The Bertz CT molecular complexity index is 885. The van der Waals surface area contributed by atoms with E-state index < -0.39 is 5.97 Å². The van der Waals surface area contributed by atoms with Crippen LogP contribution >= 0.6 is 11.6 Å². The van der Waals surface area contributed by atoms with E-state index in [0.29, 0.717) is 22.1 Å². The van der Waals surface area contributed by atoms with Crippen LogP contribution in [0.5, 0.6) is 11.5 Å². The van der Waals surface area contributed by atoms with Crippen molar-refractivity contribution in [2.45, 2.75) is 20.0 Å². The third kappa shape index (κ3) is 4.06. The zero-order valence-electron chi connectivity index (χ0n) is 14.7. The number of benzene rings is 2. The topological polar surface area (TPSA) is 57.1 Å². The van der Waals surface area contributed by atoms with Gasteiger partial charge in [0, 0.05) is 10.6 Å². The molecule has 0 spiro atoms. The number of carbonyl (C=O) groups is 1. The normalized spacial score (nSPS) is 15.2. The lowest BCUT2D eigenvalue weighted by Crippen LogP contribution is -2.06. The fourth-order valence-electron chi connectivity index (χ4n) is 2.41. The molecule has 1 heterocycles. The van der Waals surface area contributed by atoms with Crippen LogP contribution in [0.2, 0.25) is 5.02 Å².